The Hall–Kier alpha value is -2.16. The van der Waals surface area contributed by atoms with Gasteiger partial charge in [-0.2, -0.15) is 0 Å². The Morgan fingerprint density at radius 1 is 1.19 bits per heavy atom. The van der Waals surface area contributed by atoms with Gasteiger partial charge in [-0.1, -0.05) is 12.8 Å². The van der Waals surface area contributed by atoms with Gasteiger partial charge >= 0.3 is 0 Å². The molecule has 4 rings (SSSR count). The first-order valence-electron chi connectivity index (χ1n) is 11.2. The lowest BCUT2D eigenvalue weighted by Crippen LogP contribution is -2.47. The monoisotopic (exact) mass is 431 g/mol. The highest BCUT2D eigenvalue weighted by atomic mass is 16.6. The smallest absolute Gasteiger partial charge is 0.238 e. The molecule has 170 valence electrons. The van der Waals surface area contributed by atoms with Gasteiger partial charge in [0.15, 0.2) is 0 Å². The van der Waals surface area contributed by atoms with Crippen molar-refractivity contribution in [1.82, 2.24) is 10.2 Å². The maximum absolute atomic E-state index is 12.5. The number of likely N-dealkylation sites (N-methyl/N-ethyl adjacent to an activating group) is 1. The molecule has 0 bridgehead atoms. The highest BCUT2D eigenvalue weighted by molar-refractivity contribution is 5.92. The van der Waals surface area contributed by atoms with Gasteiger partial charge in [-0.05, 0) is 51.6 Å². The number of anilines is 1. The molecular formula is C23H33N3O5. The van der Waals surface area contributed by atoms with Gasteiger partial charge in [-0.25, -0.2) is 0 Å². The standard InChI is InChI=1S/C23H33N3O5/c1-26(2)12-22(29)25-15-7-8-19-17(9-15)18-10-16(30-20(13-27)23(18)31-19)11-21(28)24-14-5-3-4-6-14/h7-9,14,16,18,20,23,27H,3-6,10-13H2,1-2H3,(H,24,28)(H,25,29)/t16-,18-,20-,23+/m0/s1. The van der Waals surface area contributed by atoms with Crippen LogP contribution < -0.4 is 15.4 Å². The fourth-order valence-corrected chi connectivity index (χ4v) is 5.02. The lowest BCUT2D eigenvalue weighted by Gasteiger charge is -2.37. The molecule has 1 saturated heterocycles. The Bertz CT molecular complexity index is 808. The van der Waals surface area contributed by atoms with Crippen LogP contribution in [0.1, 0.15) is 50.0 Å². The number of hydrogen-bond acceptors (Lipinski definition) is 6. The molecule has 3 N–H and O–H groups in total. The predicted molar refractivity (Wildman–Crippen MR) is 116 cm³/mol. The molecule has 2 aliphatic heterocycles. The Balaban J connectivity index is 1.44. The quantitative estimate of drug-likeness (QED) is 0.607. The zero-order valence-electron chi connectivity index (χ0n) is 18.3. The average molecular weight is 432 g/mol. The number of nitrogens with zero attached hydrogens (tertiary/aromatic N) is 1. The highest BCUT2D eigenvalue weighted by Gasteiger charge is 2.46. The van der Waals surface area contributed by atoms with Crippen molar-refractivity contribution in [2.24, 2.45) is 0 Å². The van der Waals surface area contributed by atoms with Crippen LogP contribution in [0.15, 0.2) is 18.2 Å². The molecule has 0 aromatic heterocycles. The maximum atomic E-state index is 12.5. The van der Waals surface area contributed by atoms with Crippen molar-refractivity contribution in [2.45, 2.75) is 68.8 Å². The topological polar surface area (TPSA) is 100 Å². The van der Waals surface area contributed by atoms with Crippen LogP contribution in [-0.4, -0.2) is 73.4 Å². The number of carbonyl (C=O) groups is 2. The van der Waals surface area contributed by atoms with Crippen LogP contribution in [0.25, 0.3) is 0 Å². The first kappa shape index (κ1) is 22.0. The molecule has 8 nitrogen and oxygen atoms in total. The van der Waals surface area contributed by atoms with Crippen molar-refractivity contribution < 1.29 is 24.2 Å². The summed E-state index contributed by atoms with van der Waals surface area (Å²) in [6.45, 7) is 0.139. The van der Waals surface area contributed by atoms with Gasteiger partial charge < -0.3 is 30.1 Å². The summed E-state index contributed by atoms with van der Waals surface area (Å²) in [7, 11) is 3.70. The molecule has 1 aromatic rings. The van der Waals surface area contributed by atoms with Crippen molar-refractivity contribution in [2.75, 3.05) is 32.6 Å². The normalized spacial score (nSPS) is 27.5. The molecule has 2 amide bonds. The Morgan fingerprint density at radius 3 is 2.68 bits per heavy atom. The molecule has 1 saturated carbocycles. The van der Waals surface area contributed by atoms with Crippen molar-refractivity contribution in [3.8, 4) is 5.75 Å². The number of ether oxygens (including phenoxy) is 2. The second-order valence-corrected chi connectivity index (χ2v) is 9.20. The van der Waals surface area contributed by atoms with E-state index < -0.39 is 6.10 Å². The average Bonchev–Trinajstić information content (AvgIpc) is 3.34. The van der Waals surface area contributed by atoms with E-state index in [1.54, 1.807) is 0 Å². The summed E-state index contributed by atoms with van der Waals surface area (Å²) < 4.78 is 12.1. The summed E-state index contributed by atoms with van der Waals surface area (Å²) in [6.07, 6.45) is 4.30. The molecule has 1 aromatic carbocycles. The van der Waals surface area contributed by atoms with E-state index in [4.69, 9.17) is 9.47 Å². The van der Waals surface area contributed by atoms with Crippen LogP contribution >= 0.6 is 0 Å². The minimum Gasteiger partial charge on any atom is -0.487 e. The van der Waals surface area contributed by atoms with Crippen molar-refractivity contribution in [3.05, 3.63) is 23.8 Å². The van der Waals surface area contributed by atoms with E-state index in [1.807, 2.05) is 37.2 Å². The van der Waals surface area contributed by atoms with Gasteiger partial charge in [-0.15, -0.1) is 0 Å². The van der Waals surface area contributed by atoms with Crippen LogP contribution in [0, 0.1) is 0 Å². The van der Waals surface area contributed by atoms with E-state index in [9.17, 15) is 14.7 Å². The zero-order valence-corrected chi connectivity index (χ0v) is 18.3. The van der Waals surface area contributed by atoms with Gasteiger partial charge in [0.1, 0.15) is 18.0 Å². The number of fused-ring (bicyclic) bond motifs is 3. The zero-order chi connectivity index (χ0) is 22.0. The fraction of sp³-hybridized carbons (Fsp3) is 0.652. The van der Waals surface area contributed by atoms with E-state index >= 15 is 0 Å². The van der Waals surface area contributed by atoms with Crippen LogP contribution in [0.3, 0.4) is 0 Å². The molecule has 4 atom stereocenters. The van der Waals surface area contributed by atoms with Crippen molar-refractivity contribution >= 4 is 17.5 Å². The molecule has 2 heterocycles. The summed E-state index contributed by atoms with van der Waals surface area (Å²) in [5.41, 5.74) is 1.72. The maximum Gasteiger partial charge on any atom is 0.238 e. The first-order valence-corrected chi connectivity index (χ1v) is 11.2. The molecule has 0 unspecified atom stereocenters. The van der Waals surface area contributed by atoms with Crippen molar-refractivity contribution in [3.63, 3.8) is 0 Å². The summed E-state index contributed by atoms with van der Waals surface area (Å²) >= 11 is 0. The third kappa shape index (κ3) is 5.19. The molecule has 31 heavy (non-hydrogen) atoms. The third-order valence-corrected chi connectivity index (χ3v) is 6.38. The number of benzene rings is 1. The summed E-state index contributed by atoms with van der Waals surface area (Å²) in [5.74, 6) is 0.688. The van der Waals surface area contributed by atoms with Gasteiger partial charge in [0, 0.05) is 23.2 Å². The van der Waals surface area contributed by atoms with Crippen LogP contribution in [0.5, 0.6) is 5.75 Å². The summed E-state index contributed by atoms with van der Waals surface area (Å²) in [6, 6.07) is 5.91. The number of aliphatic hydroxyl groups excluding tert-OH is 1. The molecule has 8 heteroatoms. The Kier molecular flexibility index (Phi) is 6.79. The molecule has 2 fully saturated rings. The summed E-state index contributed by atoms with van der Waals surface area (Å²) in [5, 5.41) is 15.9. The molecule has 3 aliphatic rings. The van der Waals surface area contributed by atoms with Crippen LogP contribution in [0.4, 0.5) is 5.69 Å². The Morgan fingerprint density at radius 2 is 1.97 bits per heavy atom. The summed E-state index contributed by atoms with van der Waals surface area (Å²) in [4.78, 5) is 26.5. The molecule has 1 aliphatic carbocycles. The van der Waals surface area contributed by atoms with Crippen molar-refractivity contribution in [1.29, 1.82) is 0 Å². The van der Waals surface area contributed by atoms with E-state index in [0.29, 0.717) is 13.0 Å². The van der Waals surface area contributed by atoms with E-state index in [0.717, 1.165) is 29.8 Å². The first-order chi connectivity index (χ1) is 14.9. The lowest BCUT2D eigenvalue weighted by molar-refractivity contribution is -0.142. The largest absolute Gasteiger partial charge is 0.487 e. The van der Waals surface area contributed by atoms with Gasteiger partial charge in [0.25, 0.3) is 0 Å². The lowest BCUT2D eigenvalue weighted by atomic mass is 9.84. The fourth-order valence-electron chi connectivity index (χ4n) is 5.02. The van der Waals surface area contributed by atoms with Crippen LogP contribution in [0.2, 0.25) is 0 Å². The van der Waals surface area contributed by atoms with Gasteiger partial charge in [0.2, 0.25) is 11.8 Å². The van der Waals surface area contributed by atoms with Gasteiger partial charge in [0.05, 0.1) is 25.7 Å². The number of hydrogen-bond donors (Lipinski definition) is 3. The molecule has 0 radical (unpaired) electrons. The number of amides is 2. The second kappa shape index (κ2) is 9.54. The van der Waals surface area contributed by atoms with E-state index in [-0.39, 0.29) is 49.0 Å². The minimum absolute atomic E-state index is 0.0101. The third-order valence-electron chi connectivity index (χ3n) is 6.38. The minimum atomic E-state index is -0.484. The molecule has 0 spiro atoms. The van der Waals surface area contributed by atoms with Crippen LogP contribution in [-0.2, 0) is 14.3 Å². The van der Waals surface area contributed by atoms with E-state index in [1.165, 1.54) is 12.8 Å². The highest BCUT2D eigenvalue weighted by Crippen LogP contribution is 2.47. The number of nitrogens with one attached hydrogen (secondary N) is 2. The number of aliphatic hydroxyl groups is 1. The second-order valence-electron chi connectivity index (χ2n) is 9.20. The number of carbonyl (C=O) groups excluding carboxylic acids is 2. The SMILES string of the molecule is CN(C)CC(=O)Nc1ccc2c(c1)[C@@H]1C[C@@H](CC(=O)NC3CCCC3)O[C@@H](CO)[C@@H]1O2. The molecular weight excluding hydrogens is 398 g/mol. The Labute approximate surface area is 183 Å². The van der Waals surface area contributed by atoms with Gasteiger partial charge in [-0.3, -0.25) is 9.59 Å². The van der Waals surface area contributed by atoms with E-state index in [2.05, 4.69) is 10.6 Å². The number of rotatable bonds is 7. The predicted octanol–water partition coefficient (Wildman–Crippen LogP) is 1.63.